The zero-order chi connectivity index (χ0) is 15.1. The van der Waals surface area contributed by atoms with Crippen molar-refractivity contribution in [3.8, 4) is 0 Å². The molecular formula is C16H25BrN2O. The Bertz CT molecular complexity index is 481. The SMILES string of the molecule is CC(N)c1ccc(N2CC(C)(C)OC(C)(C)C2)c(Br)c1. The highest BCUT2D eigenvalue weighted by Gasteiger charge is 2.38. The second kappa shape index (κ2) is 5.32. The van der Waals surface area contributed by atoms with Gasteiger partial charge in [0.15, 0.2) is 0 Å². The van der Waals surface area contributed by atoms with Crippen molar-refractivity contribution in [1.82, 2.24) is 0 Å². The molecule has 0 saturated carbocycles. The maximum atomic E-state index is 6.14. The molecule has 0 bridgehead atoms. The number of hydrogen-bond donors (Lipinski definition) is 1. The van der Waals surface area contributed by atoms with Gasteiger partial charge >= 0.3 is 0 Å². The summed E-state index contributed by atoms with van der Waals surface area (Å²) in [5, 5.41) is 0. The van der Waals surface area contributed by atoms with Gasteiger partial charge in [-0.3, -0.25) is 0 Å². The number of ether oxygens (including phenoxy) is 1. The van der Waals surface area contributed by atoms with Gasteiger partial charge in [-0.15, -0.1) is 0 Å². The zero-order valence-electron chi connectivity index (χ0n) is 13.0. The maximum Gasteiger partial charge on any atom is 0.0808 e. The Morgan fingerprint density at radius 1 is 1.20 bits per heavy atom. The van der Waals surface area contributed by atoms with Gasteiger partial charge in [-0.2, -0.15) is 0 Å². The molecule has 20 heavy (non-hydrogen) atoms. The van der Waals surface area contributed by atoms with Gasteiger partial charge in [0.2, 0.25) is 0 Å². The molecule has 3 nitrogen and oxygen atoms in total. The number of halogens is 1. The van der Waals surface area contributed by atoms with E-state index in [0.717, 1.165) is 23.1 Å². The third-order valence-electron chi connectivity index (χ3n) is 3.53. The van der Waals surface area contributed by atoms with E-state index in [0.29, 0.717) is 0 Å². The van der Waals surface area contributed by atoms with E-state index in [1.165, 1.54) is 5.69 Å². The number of nitrogens with two attached hydrogens (primary N) is 1. The quantitative estimate of drug-likeness (QED) is 0.888. The summed E-state index contributed by atoms with van der Waals surface area (Å²) in [6.45, 7) is 12.3. The van der Waals surface area contributed by atoms with Gasteiger partial charge in [0.25, 0.3) is 0 Å². The van der Waals surface area contributed by atoms with Crippen molar-refractivity contribution in [2.24, 2.45) is 5.73 Å². The molecule has 1 aliphatic heterocycles. The summed E-state index contributed by atoms with van der Waals surface area (Å²) in [6.07, 6.45) is 0. The number of nitrogens with zero attached hydrogens (tertiary/aromatic N) is 1. The van der Waals surface area contributed by atoms with Crippen molar-refractivity contribution < 1.29 is 4.74 Å². The van der Waals surface area contributed by atoms with Crippen molar-refractivity contribution >= 4 is 21.6 Å². The fourth-order valence-electron chi connectivity index (χ4n) is 3.02. The summed E-state index contributed by atoms with van der Waals surface area (Å²) in [6, 6.07) is 6.44. The molecule has 1 saturated heterocycles. The predicted octanol–water partition coefficient (Wildman–Crippen LogP) is 3.86. The number of morpholine rings is 1. The lowest BCUT2D eigenvalue weighted by Gasteiger charge is -2.48. The van der Waals surface area contributed by atoms with E-state index >= 15 is 0 Å². The molecule has 2 N–H and O–H groups in total. The van der Waals surface area contributed by atoms with Crippen molar-refractivity contribution in [2.45, 2.75) is 51.9 Å². The van der Waals surface area contributed by atoms with Crippen molar-refractivity contribution in [2.75, 3.05) is 18.0 Å². The average molecular weight is 341 g/mol. The minimum Gasteiger partial charge on any atom is -0.366 e. The summed E-state index contributed by atoms with van der Waals surface area (Å²) >= 11 is 3.69. The van der Waals surface area contributed by atoms with Gasteiger partial charge < -0.3 is 15.4 Å². The smallest absolute Gasteiger partial charge is 0.0808 e. The lowest BCUT2D eigenvalue weighted by molar-refractivity contribution is -0.133. The first kappa shape index (κ1) is 15.8. The lowest BCUT2D eigenvalue weighted by atomic mass is 9.98. The van der Waals surface area contributed by atoms with E-state index in [2.05, 4.69) is 66.7 Å². The zero-order valence-corrected chi connectivity index (χ0v) is 14.6. The molecule has 0 spiro atoms. The first-order chi connectivity index (χ1) is 9.10. The molecule has 1 aromatic rings. The van der Waals surface area contributed by atoms with Crippen molar-refractivity contribution in [3.05, 3.63) is 28.2 Å². The van der Waals surface area contributed by atoms with E-state index in [-0.39, 0.29) is 17.2 Å². The number of benzene rings is 1. The molecule has 1 fully saturated rings. The monoisotopic (exact) mass is 340 g/mol. The molecule has 4 heteroatoms. The Morgan fingerprint density at radius 2 is 1.75 bits per heavy atom. The van der Waals surface area contributed by atoms with Crippen LogP contribution in [0.3, 0.4) is 0 Å². The first-order valence-electron chi connectivity index (χ1n) is 7.10. The van der Waals surface area contributed by atoms with Gasteiger partial charge in [-0.05, 0) is 68.2 Å². The van der Waals surface area contributed by atoms with Crippen LogP contribution < -0.4 is 10.6 Å². The van der Waals surface area contributed by atoms with Crippen LogP contribution in [0.4, 0.5) is 5.69 Å². The van der Waals surface area contributed by atoms with Crippen LogP contribution in [-0.4, -0.2) is 24.3 Å². The molecule has 1 aliphatic rings. The summed E-state index contributed by atoms with van der Waals surface area (Å²) in [5.74, 6) is 0. The van der Waals surface area contributed by atoms with E-state index in [1.54, 1.807) is 0 Å². The molecule has 1 unspecified atom stereocenters. The largest absolute Gasteiger partial charge is 0.366 e. The minimum atomic E-state index is -0.152. The topological polar surface area (TPSA) is 38.5 Å². The summed E-state index contributed by atoms with van der Waals surface area (Å²) in [7, 11) is 0. The number of rotatable bonds is 2. The molecule has 0 radical (unpaired) electrons. The van der Waals surface area contributed by atoms with Crippen LogP contribution in [0.2, 0.25) is 0 Å². The molecule has 0 aliphatic carbocycles. The van der Waals surface area contributed by atoms with Crippen LogP contribution in [-0.2, 0) is 4.74 Å². The Balaban J connectivity index is 2.31. The number of hydrogen-bond acceptors (Lipinski definition) is 3. The molecule has 0 aromatic heterocycles. The first-order valence-corrected chi connectivity index (χ1v) is 7.89. The highest BCUT2D eigenvalue weighted by molar-refractivity contribution is 9.10. The van der Waals surface area contributed by atoms with Crippen LogP contribution in [0.1, 0.15) is 46.2 Å². The molecule has 2 rings (SSSR count). The van der Waals surface area contributed by atoms with E-state index in [1.807, 2.05) is 6.92 Å². The van der Waals surface area contributed by atoms with E-state index in [9.17, 15) is 0 Å². The normalized spacial score (nSPS) is 22.6. The third-order valence-corrected chi connectivity index (χ3v) is 4.17. The predicted molar refractivity (Wildman–Crippen MR) is 88.2 cm³/mol. The molecule has 1 aromatic carbocycles. The third kappa shape index (κ3) is 3.54. The highest BCUT2D eigenvalue weighted by Crippen LogP contribution is 2.35. The summed E-state index contributed by atoms with van der Waals surface area (Å²) < 4.78 is 7.24. The minimum absolute atomic E-state index is 0.0536. The van der Waals surface area contributed by atoms with Crippen LogP contribution in [0.25, 0.3) is 0 Å². The van der Waals surface area contributed by atoms with Gasteiger partial charge in [0, 0.05) is 23.6 Å². The van der Waals surface area contributed by atoms with Gasteiger partial charge in [0.05, 0.1) is 16.9 Å². The maximum absolute atomic E-state index is 6.14. The van der Waals surface area contributed by atoms with E-state index < -0.39 is 0 Å². The van der Waals surface area contributed by atoms with Crippen LogP contribution in [0.5, 0.6) is 0 Å². The second-order valence-corrected chi connectivity index (χ2v) is 7.83. The Labute approximate surface area is 130 Å². The van der Waals surface area contributed by atoms with Crippen LogP contribution in [0.15, 0.2) is 22.7 Å². The van der Waals surface area contributed by atoms with Crippen LogP contribution >= 0.6 is 15.9 Å². The molecule has 1 heterocycles. The van der Waals surface area contributed by atoms with E-state index in [4.69, 9.17) is 10.5 Å². The van der Waals surface area contributed by atoms with Gasteiger partial charge in [-0.1, -0.05) is 6.07 Å². The standard InChI is InChI=1S/C16H25BrN2O/c1-11(18)12-6-7-14(13(17)8-12)19-9-15(2,3)20-16(4,5)10-19/h6-8,11H,9-10,18H2,1-5H3. The van der Waals surface area contributed by atoms with Gasteiger partial charge in [-0.25, -0.2) is 0 Å². The molecule has 112 valence electrons. The molecule has 0 amide bonds. The number of anilines is 1. The van der Waals surface area contributed by atoms with Crippen molar-refractivity contribution in [1.29, 1.82) is 0 Å². The average Bonchev–Trinajstić information content (AvgIpc) is 2.24. The summed E-state index contributed by atoms with van der Waals surface area (Å²) in [5.41, 5.74) is 7.99. The summed E-state index contributed by atoms with van der Waals surface area (Å²) in [4.78, 5) is 2.39. The Kier molecular flexibility index (Phi) is 4.20. The second-order valence-electron chi connectivity index (χ2n) is 6.98. The fourth-order valence-corrected chi connectivity index (χ4v) is 3.67. The molecule has 1 atom stereocenters. The fraction of sp³-hybridized carbons (Fsp3) is 0.625. The lowest BCUT2D eigenvalue weighted by Crippen LogP contribution is -2.57. The van der Waals surface area contributed by atoms with Gasteiger partial charge in [0.1, 0.15) is 0 Å². The Morgan fingerprint density at radius 3 is 2.20 bits per heavy atom. The van der Waals surface area contributed by atoms with Crippen molar-refractivity contribution in [3.63, 3.8) is 0 Å². The van der Waals surface area contributed by atoms with Crippen LogP contribution in [0, 0.1) is 0 Å². The molecular weight excluding hydrogens is 316 g/mol. The highest BCUT2D eigenvalue weighted by atomic mass is 79.9. The Hall–Kier alpha value is -0.580.